The van der Waals surface area contributed by atoms with Gasteiger partial charge in [-0.05, 0) is 24.6 Å². The largest absolute Gasteiger partial charge is 0.478 e. The Labute approximate surface area is 112 Å². The van der Waals surface area contributed by atoms with Gasteiger partial charge in [-0.2, -0.15) is 0 Å². The second-order valence-electron chi connectivity index (χ2n) is 4.60. The van der Waals surface area contributed by atoms with Gasteiger partial charge in [0.15, 0.2) is 6.10 Å². The van der Waals surface area contributed by atoms with Crippen molar-refractivity contribution in [2.45, 2.75) is 19.4 Å². The van der Waals surface area contributed by atoms with Gasteiger partial charge in [0.05, 0.1) is 11.9 Å². The van der Waals surface area contributed by atoms with Gasteiger partial charge in [-0.3, -0.25) is 9.10 Å². The highest BCUT2D eigenvalue weighted by Gasteiger charge is 2.30. The van der Waals surface area contributed by atoms with E-state index in [-0.39, 0.29) is 13.0 Å². The van der Waals surface area contributed by atoms with E-state index in [4.69, 9.17) is 10.5 Å². The predicted octanol–water partition coefficient (Wildman–Crippen LogP) is 0.397. The second kappa shape index (κ2) is 4.73. The maximum Gasteiger partial charge on any atom is 0.258 e. The zero-order chi connectivity index (χ0) is 14.2. The summed E-state index contributed by atoms with van der Waals surface area (Å²) in [4.78, 5) is 11.3. The SMILES string of the molecule is Cc1ccc2c(c1)N(S(C)(=O)=O)CCC(C(N)=O)O2. The molecule has 1 aromatic rings. The number of carbonyl (C=O) groups excluding carboxylic acids is 1. The number of ether oxygens (including phenoxy) is 1. The van der Waals surface area contributed by atoms with Gasteiger partial charge in [-0.15, -0.1) is 0 Å². The van der Waals surface area contributed by atoms with Crippen molar-refractivity contribution in [3.63, 3.8) is 0 Å². The highest BCUT2D eigenvalue weighted by molar-refractivity contribution is 7.92. The van der Waals surface area contributed by atoms with Crippen LogP contribution in [0.5, 0.6) is 5.75 Å². The van der Waals surface area contributed by atoms with Crippen LogP contribution in [0.2, 0.25) is 0 Å². The fourth-order valence-electron chi connectivity index (χ4n) is 2.03. The third kappa shape index (κ3) is 2.81. The lowest BCUT2D eigenvalue weighted by Crippen LogP contribution is -2.36. The molecule has 1 amide bonds. The Balaban J connectivity index is 2.53. The molecule has 1 unspecified atom stereocenters. The van der Waals surface area contributed by atoms with E-state index >= 15 is 0 Å². The number of hydrogen-bond donors (Lipinski definition) is 1. The summed E-state index contributed by atoms with van der Waals surface area (Å²) in [5, 5.41) is 0. The van der Waals surface area contributed by atoms with Gasteiger partial charge in [0.25, 0.3) is 5.91 Å². The number of rotatable bonds is 2. The van der Waals surface area contributed by atoms with Gasteiger partial charge in [0.1, 0.15) is 5.75 Å². The summed E-state index contributed by atoms with van der Waals surface area (Å²) in [6.07, 6.45) is 0.549. The lowest BCUT2D eigenvalue weighted by atomic mass is 10.2. The van der Waals surface area contributed by atoms with Crippen molar-refractivity contribution in [1.29, 1.82) is 0 Å². The molecule has 1 aliphatic heterocycles. The molecule has 2 rings (SSSR count). The van der Waals surface area contributed by atoms with Crippen molar-refractivity contribution in [2.75, 3.05) is 17.1 Å². The molecule has 1 heterocycles. The Kier molecular flexibility index (Phi) is 3.40. The topological polar surface area (TPSA) is 89.7 Å². The van der Waals surface area contributed by atoms with Gasteiger partial charge >= 0.3 is 0 Å². The van der Waals surface area contributed by atoms with Gasteiger partial charge in [0, 0.05) is 13.0 Å². The van der Waals surface area contributed by atoms with Gasteiger partial charge in [-0.1, -0.05) is 6.07 Å². The summed E-state index contributed by atoms with van der Waals surface area (Å²) in [7, 11) is -3.43. The smallest absolute Gasteiger partial charge is 0.258 e. The predicted molar refractivity (Wildman–Crippen MR) is 71.6 cm³/mol. The van der Waals surface area contributed by atoms with Crippen LogP contribution in [-0.2, 0) is 14.8 Å². The first-order chi connectivity index (χ1) is 8.79. The zero-order valence-corrected chi connectivity index (χ0v) is 11.6. The molecule has 0 fully saturated rings. The van der Waals surface area contributed by atoms with E-state index in [0.29, 0.717) is 11.4 Å². The molecule has 0 aliphatic carbocycles. The monoisotopic (exact) mass is 284 g/mol. The van der Waals surface area contributed by atoms with E-state index in [2.05, 4.69) is 0 Å². The number of amides is 1. The van der Waals surface area contributed by atoms with Gasteiger partial charge in [-0.25, -0.2) is 8.42 Å². The van der Waals surface area contributed by atoms with E-state index in [1.165, 1.54) is 4.31 Å². The Bertz CT molecular complexity index is 612. The Morgan fingerprint density at radius 1 is 1.47 bits per heavy atom. The van der Waals surface area contributed by atoms with Crippen molar-refractivity contribution in [3.8, 4) is 5.75 Å². The number of nitrogens with two attached hydrogens (primary N) is 1. The third-order valence-corrected chi connectivity index (χ3v) is 4.14. The van der Waals surface area contributed by atoms with Crippen molar-refractivity contribution in [1.82, 2.24) is 0 Å². The molecule has 6 nitrogen and oxygen atoms in total. The quantitative estimate of drug-likeness (QED) is 0.851. The van der Waals surface area contributed by atoms with Crippen LogP contribution in [0.3, 0.4) is 0 Å². The van der Waals surface area contributed by atoms with Crippen LogP contribution in [0.25, 0.3) is 0 Å². The number of primary amides is 1. The molecule has 1 aliphatic rings. The summed E-state index contributed by atoms with van der Waals surface area (Å²) in [6.45, 7) is 2.03. The van der Waals surface area contributed by atoms with E-state index in [9.17, 15) is 13.2 Å². The fourth-order valence-corrected chi connectivity index (χ4v) is 2.97. The third-order valence-electron chi connectivity index (χ3n) is 2.96. The Morgan fingerprint density at radius 2 is 2.16 bits per heavy atom. The van der Waals surface area contributed by atoms with E-state index in [1.54, 1.807) is 18.2 Å². The maximum absolute atomic E-state index is 11.8. The molecule has 1 atom stereocenters. The van der Waals surface area contributed by atoms with Crippen LogP contribution in [0.1, 0.15) is 12.0 Å². The highest BCUT2D eigenvalue weighted by atomic mass is 32.2. The summed E-state index contributed by atoms with van der Waals surface area (Å²) >= 11 is 0. The van der Waals surface area contributed by atoms with E-state index < -0.39 is 22.0 Å². The maximum atomic E-state index is 11.8. The van der Waals surface area contributed by atoms with Crippen LogP contribution in [0.15, 0.2) is 18.2 Å². The van der Waals surface area contributed by atoms with E-state index in [1.807, 2.05) is 6.92 Å². The number of sulfonamides is 1. The number of fused-ring (bicyclic) bond motifs is 1. The first-order valence-electron chi connectivity index (χ1n) is 5.83. The van der Waals surface area contributed by atoms with Crippen molar-refractivity contribution < 1.29 is 17.9 Å². The van der Waals surface area contributed by atoms with Crippen LogP contribution in [0, 0.1) is 6.92 Å². The molecule has 1 aromatic carbocycles. The lowest BCUT2D eigenvalue weighted by Gasteiger charge is -2.21. The number of nitrogens with zero attached hydrogens (tertiary/aromatic N) is 1. The van der Waals surface area contributed by atoms with Crippen LogP contribution < -0.4 is 14.8 Å². The van der Waals surface area contributed by atoms with Crippen LogP contribution in [0.4, 0.5) is 5.69 Å². The molecule has 0 saturated carbocycles. The van der Waals surface area contributed by atoms with Crippen molar-refractivity contribution in [3.05, 3.63) is 23.8 Å². The molecular weight excluding hydrogens is 268 g/mol. The van der Waals surface area contributed by atoms with E-state index in [0.717, 1.165) is 11.8 Å². The molecule has 104 valence electrons. The minimum absolute atomic E-state index is 0.170. The number of carbonyl (C=O) groups is 1. The summed E-state index contributed by atoms with van der Waals surface area (Å²) < 4.78 is 30.5. The molecule has 7 heteroatoms. The fraction of sp³-hybridized carbons (Fsp3) is 0.417. The summed E-state index contributed by atoms with van der Waals surface area (Å²) in [5.41, 5.74) is 6.61. The lowest BCUT2D eigenvalue weighted by molar-refractivity contribution is -0.124. The number of benzene rings is 1. The molecule has 0 saturated heterocycles. The summed E-state index contributed by atoms with van der Waals surface area (Å²) in [6, 6.07) is 5.17. The number of anilines is 1. The molecule has 2 N–H and O–H groups in total. The molecular formula is C12H16N2O4S. The molecule has 19 heavy (non-hydrogen) atoms. The van der Waals surface area contributed by atoms with Crippen LogP contribution in [-0.4, -0.2) is 33.2 Å². The summed E-state index contributed by atoms with van der Waals surface area (Å²) in [5.74, 6) is -0.237. The molecule has 0 aromatic heterocycles. The molecule has 0 spiro atoms. The number of hydrogen-bond acceptors (Lipinski definition) is 4. The van der Waals surface area contributed by atoms with Crippen molar-refractivity contribution in [2.24, 2.45) is 5.73 Å². The van der Waals surface area contributed by atoms with Crippen molar-refractivity contribution >= 4 is 21.6 Å². The Morgan fingerprint density at radius 3 is 2.74 bits per heavy atom. The minimum atomic E-state index is -3.43. The normalized spacial score (nSPS) is 19.3. The van der Waals surface area contributed by atoms with Gasteiger partial charge in [0.2, 0.25) is 10.0 Å². The Hall–Kier alpha value is -1.76. The molecule has 0 bridgehead atoms. The average molecular weight is 284 g/mol. The molecule has 0 radical (unpaired) electrons. The first-order valence-corrected chi connectivity index (χ1v) is 7.68. The minimum Gasteiger partial charge on any atom is -0.478 e. The van der Waals surface area contributed by atoms with Gasteiger partial charge < -0.3 is 10.5 Å². The highest BCUT2D eigenvalue weighted by Crippen LogP contribution is 2.34. The number of aryl methyl sites for hydroxylation is 1. The zero-order valence-electron chi connectivity index (χ0n) is 10.8. The standard InChI is InChI=1S/C12H16N2O4S/c1-8-3-4-10-9(7-8)14(19(2,16)17)6-5-11(18-10)12(13)15/h3-4,7,11H,5-6H2,1-2H3,(H2,13,15). The second-order valence-corrected chi connectivity index (χ2v) is 6.51. The average Bonchev–Trinajstić information content (AvgIpc) is 2.47. The van der Waals surface area contributed by atoms with Crippen LogP contribution >= 0.6 is 0 Å². The first kappa shape index (κ1) is 13.7.